The van der Waals surface area contributed by atoms with Gasteiger partial charge in [0.25, 0.3) is 0 Å². The van der Waals surface area contributed by atoms with Gasteiger partial charge in [-0.2, -0.15) is 0 Å². The smallest absolute Gasteiger partial charge is 0.180 e. The second kappa shape index (κ2) is 7.00. The average Bonchev–Trinajstić information content (AvgIpc) is 2.88. The van der Waals surface area contributed by atoms with Crippen molar-refractivity contribution in [1.82, 2.24) is 4.98 Å². The van der Waals surface area contributed by atoms with Crippen LogP contribution in [0.25, 0.3) is 10.8 Å². The number of hydrogen-bond acceptors (Lipinski definition) is 2. The molecule has 0 saturated heterocycles. The fourth-order valence-corrected chi connectivity index (χ4v) is 1.31. The highest BCUT2D eigenvalue weighted by Gasteiger charge is 1.85. The van der Waals surface area contributed by atoms with Crippen LogP contribution in [0.1, 0.15) is 0 Å². The zero-order chi connectivity index (χ0) is 10.3. The van der Waals surface area contributed by atoms with Gasteiger partial charge in [-0.05, 0) is 10.8 Å². The molecule has 16 heavy (non-hydrogen) atoms. The van der Waals surface area contributed by atoms with Gasteiger partial charge in [-0.25, -0.2) is 4.98 Å². The summed E-state index contributed by atoms with van der Waals surface area (Å²) in [6.07, 6.45) is 4.47. The molecule has 0 bridgehead atoms. The summed E-state index contributed by atoms with van der Waals surface area (Å²) in [4.78, 5) is 3.56. The molecule has 1 aromatic heterocycles. The van der Waals surface area contributed by atoms with Crippen molar-refractivity contribution in [2.75, 3.05) is 0 Å². The first-order valence-electron chi connectivity index (χ1n) is 4.73. The second-order valence-corrected chi connectivity index (χ2v) is 3.02. The van der Waals surface area contributed by atoms with Crippen molar-refractivity contribution >= 4 is 34.7 Å². The molecule has 1 heterocycles. The molecule has 3 aromatic rings. The summed E-state index contributed by atoms with van der Waals surface area (Å²) in [6, 6.07) is 16.7. The van der Waals surface area contributed by atoms with E-state index in [1.54, 1.807) is 6.20 Å². The van der Waals surface area contributed by atoms with E-state index in [1.807, 2.05) is 0 Å². The quantitative estimate of drug-likeness (QED) is 0.581. The molecule has 0 spiro atoms. The van der Waals surface area contributed by atoms with Gasteiger partial charge in [-0.15, -0.1) is 24.0 Å². The molecule has 3 heteroatoms. The molecular formula is C13H12INO. The Hall–Kier alpha value is -1.36. The third kappa shape index (κ3) is 3.66. The first-order chi connectivity index (χ1) is 7.47. The van der Waals surface area contributed by atoms with Crippen LogP contribution >= 0.6 is 24.0 Å². The summed E-state index contributed by atoms with van der Waals surface area (Å²) < 4.78 is 4.47. The molecule has 0 saturated carbocycles. The standard InChI is InChI=1S/C10H8.C3H3NO.HI/c1-2-6-10-8-4-3-7-9(10)5-1;1-2-5-3-4-1;/h1-8H;1-3H;1H. The first kappa shape index (κ1) is 12.7. The van der Waals surface area contributed by atoms with E-state index < -0.39 is 0 Å². The zero-order valence-electron chi connectivity index (χ0n) is 8.61. The number of rotatable bonds is 0. The highest BCUT2D eigenvalue weighted by atomic mass is 127. The second-order valence-electron chi connectivity index (χ2n) is 3.02. The maximum atomic E-state index is 4.47. The van der Waals surface area contributed by atoms with Crippen molar-refractivity contribution in [2.24, 2.45) is 0 Å². The molecule has 0 radical (unpaired) electrons. The van der Waals surface area contributed by atoms with Gasteiger partial charge in [0, 0.05) is 0 Å². The van der Waals surface area contributed by atoms with Crippen molar-refractivity contribution in [3.63, 3.8) is 0 Å². The Morgan fingerprint density at radius 3 is 1.56 bits per heavy atom. The molecule has 0 amide bonds. The van der Waals surface area contributed by atoms with Gasteiger partial charge < -0.3 is 4.42 Å². The zero-order valence-corrected chi connectivity index (χ0v) is 10.9. The van der Waals surface area contributed by atoms with Gasteiger partial charge in [-0.3, -0.25) is 0 Å². The van der Waals surface area contributed by atoms with E-state index in [0.717, 1.165) is 0 Å². The minimum Gasteiger partial charge on any atom is -0.452 e. The molecule has 0 aliphatic rings. The van der Waals surface area contributed by atoms with E-state index in [0.29, 0.717) is 0 Å². The molecule has 0 aliphatic heterocycles. The minimum absolute atomic E-state index is 0. The Labute approximate surface area is 111 Å². The summed E-state index contributed by atoms with van der Waals surface area (Å²) >= 11 is 0. The topological polar surface area (TPSA) is 26.0 Å². The number of benzene rings is 2. The van der Waals surface area contributed by atoms with Crippen LogP contribution in [0.3, 0.4) is 0 Å². The van der Waals surface area contributed by atoms with Crippen LogP contribution in [0.4, 0.5) is 0 Å². The number of halogens is 1. The van der Waals surface area contributed by atoms with Crippen molar-refractivity contribution in [3.05, 3.63) is 67.4 Å². The number of nitrogens with zero attached hydrogens (tertiary/aromatic N) is 1. The molecule has 3 rings (SSSR count). The molecule has 0 N–H and O–H groups in total. The van der Waals surface area contributed by atoms with Crippen molar-refractivity contribution < 1.29 is 4.42 Å². The van der Waals surface area contributed by atoms with Crippen molar-refractivity contribution in [1.29, 1.82) is 0 Å². The monoisotopic (exact) mass is 325 g/mol. The van der Waals surface area contributed by atoms with Crippen LogP contribution in [0.2, 0.25) is 0 Å². The van der Waals surface area contributed by atoms with Crippen LogP contribution in [-0.2, 0) is 0 Å². The summed E-state index contributed by atoms with van der Waals surface area (Å²) in [5.74, 6) is 0. The Kier molecular flexibility index (Phi) is 5.56. The van der Waals surface area contributed by atoms with Gasteiger partial charge in [0.2, 0.25) is 0 Å². The van der Waals surface area contributed by atoms with Gasteiger partial charge in [0.05, 0.1) is 6.20 Å². The lowest BCUT2D eigenvalue weighted by Gasteiger charge is -1.92. The van der Waals surface area contributed by atoms with Crippen LogP contribution in [0.15, 0.2) is 71.8 Å². The van der Waals surface area contributed by atoms with E-state index in [4.69, 9.17) is 0 Å². The molecule has 0 unspecified atom stereocenters. The fourth-order valence-electron chi connectivity index (χ4n) is 1.31. The average molecular weight is 325 g/mol. The first-order valence-corrected chi connectivity index (χ1v) is 4.73. The number of hydrogen-bond donors (Lipinski definition) is 0. The molecule has 0 atom stereocenters. The molecule has 2 nitrogen and oxygen atoms in total. The van der Waals surface area contributed by atoms with Gasteiger partial charge >= 0.3 is 0 Å². The highest BCUT2D eigenvalue weighted by Crippen LogP contribution is 2.11. The van der Waals surface area contributed by atoms with Gasteiger partial charge in [0.1, 0.15) is 6.26 Å². The Bertz CT molecular complexity index is 425. The maximum Gasteiger partial charge on any atom is 0.180 e. The molecular weight excluding hydrogens is 313 g/mol. The van der Waals surface area contributed by atoms with Gasteiger partial charge in [-0.1, -0.05) is 48.5 Å². The molecule has 0 fully saturated rings. The highest BCUT2D eigenvalue weighted by molar-refractivity contribution is 14.0. The predicted molar refractivity (Wildman–Crippen MR) is 75.9 cm³/mol. The van der Waals surface area contributed by atoms with Crippen LogP contribution in [-0.4, -0.2) is 4.98 Å². The summed E-state index contributed by atoms with van der Waals surface area (Å²) in [7, 11) is 0. The van der Waals surface area contributed by atoms with E-state index in [9.17, 15) is 0 Å². The molecule has 82 valence electrons. The molecule has 0 aliphatic carbocycles. The lowest BCUT2D eigenvalue weighted by atomic mass is 10.1. The Morgan fingerprint density at radius 1 is 0.812 bits per heavy atom. The van der Waals surface area contributed by atoms with E-state index >= 15 is 0 Å². The predicted octanol–water partition coefficient (Wildman–Crippen LogP) is 4.13. The van der Waals surface area contributed by atoms with Crippen molar-refractivity contribution in [2.45, 2.75) is 0 Å². The summed E-state index contributed by atoms with van der Waals surface area (Å²) in [5.41, 5.74) is 0. The lowest BCUT2D eigenvalue weighted by molar-refractivity contribution is 0.558. The maximum absolute atomic E-state index is 4.47. The molecule has 2 aromatic carbocycles. The lowest BCUT2D eigenvalue weighted by Crippen LogP contribution is -1.67. The third-order valence-corrected chi connectivity index (χ3v) is 2.01. The van der Waals surface area contributed by atoms with Crippen LogP contribution in [0.5, 0.6) is 0 Å². The Balaban J connectivity index is 0.000000183. The summed E-state index contributed by atoms with van der Waals surface area (Å²) in [5, 5.41) is 2.62. The van der Waals surface area contributed by atoms with Gasteiger partial charge in [0.15, 0.2) is 6.39 Å². The fraction of sp³-hybridized carbons (Fsp3) is 0. The van der Waals surface area contributed by atoms with E-state index in [1.165, 1.54) is 23.4 Å². The SMILES string of the molecule is I.c1ccc2ccccc2c1.c1cocn1. The largest absolute Gasteiger partial charge is 0.452 e. The van der Waals surface area contributed by atoms with E-state index in [2.05, 4.69) is 57.9 Å². The summed E-state index contributed by atoms with van der Waals surface area (Å²) in [6.45, 7) is 0. The van der Waals surface area contributed by atoms with Crippen LogP contribution in [0, 0.1) is 0 Å². The third-order valence-electron chi connectivity index (χ3n) is 2.01. The number of fused-ring (bicyclic) bond motifs is 1. The number of oxazole rings is 1. The van der Waals surface area contributed by atoms with Crippen LogP contribution < -0.4 is 0 Å². The minimum atomic E-state index is 0. The van der Waals surface area contributed by atoms with Crippen molar-refractivity contribution in [3.8, 4) is 0 Å². The number of aromatic nitrogens is 1. The normalized spacial score (nSPS) is 8.75. The van der Waals surface area contributed by atoms with E-state index in [-0.39, 0.29) is 24.0 Å². The Morgan fingerprint density at radius 2 is 1.31 bits per heavy atom.